The fraction of sp³-hybridized carbons (Fsp3) is 0.174. The second-order valence-electron chi connectivity index (χ2n) is 6.69. The zero-order valence-corrected chi connectivity index (χ0v) is 16.2. The topological polar surface area (TPSA) is 49.9 Å². The van der Waals surface area contributed by atoms with Gasteiger partial charge in [0.25, 0.3) is 0 Å². The molecule has 4 rings (SSSR count). The molecule has 0 aliphatic carbocycles. The number of aromatic nitrogens is 2. The van der Waals surface area contributed by atoms with Crippen LogP contribution in [-0.2, 0) is 19.6 Å². The molecule has 3 aromatic carbocycles. The van der Waals surface area contributed by atoms with Gasteiger partial charge >= 0.3 is 0 Å². The molecule has 0 amide bonds. The maximum Gasteiger partial charge on any atom is 0.120 e. The number of para-hydroxylation sites is 2. The van der Waals surface area contributed by atoms with Crippen molar-refractivity contribution in [3.05, 3.63) is 94.8 Å². The summed E-state index contributed by atoms with van der Waals surface area (Å²) < 4.78 is 5.90. The van der Waals surface area contributed by atoms with E-state index in [9.17, 15) is 0 Å². The molecule has 0 saturated heterocycles. The number of halogens is 1. The summed E-state index contributed by atoms with van der Waals surface area (Å²) in [5, 5.41) is 4.20. The predicted octanol–water partition coefficient (Wildman–Crippen LogP) is 5.13. The molecule has 0 radical (unpaired) electrons. The van der Waals surface area contributed by atoms with Gasteiger partial charge in [0, 0.05) is 24.5 Å². The van der Waals surface area contributed by atoms with E-state index in [-0.39, 0.29) is 0 Å². The largest absolute Gasteiger partial charge is 0.489 e. The number of nitrogens with one attached hydrogen (secondary N) is 2. The predicted molar refractivity (Wildman–Crippen MR) is 114 cm³/mol. The van der Waals surface area contributed by atoms with Crippen molar-refractivity contribution in [2.24, 2.45) is 0 Å². The first-order chi connectivity index (χ1) is 13.8. The van der Waals surface area contributed by atoms with Gasteiger partial charge in [0.1, 0.15) is 18.2 Å². The number of fused-ring (bicyclic) bond motifs is 1. The third-order valence-corrected chi connectivity index (χ3v) is 4.73. The summed E-state index contributed by atoms with van der Waals surface area (Å²) in [4.78, 5) is 7.96. The van der Waals surface area contributed by atoms with Crippen molar-refractivity contribution in [2.45, 2.75) is 19.6 Å². The smallest absolute Gasteiger partial charge is 0.120 e. The Morgan fingerprint density at radius 2 is 1.79 bits per heavy atom. The lowest BCUT2D eigenvalue weighted by atomic mass is 10.2. The van der Waals surface area contributed by atoms with Crippen LogP contribution in [0, 0.1) is 0 Å². The number of H-pyrrole nitrogens is 1. The van der Waals surface area contributed by atoms with Crippen molar-refractivity contribution < 1.29 is 4.74 Å². The highest BCUT2D eigenvalue weighted by Crippen LogP contribution is 2.17. The summed E-state index contributed by atoms with van der Waals surface area (Å²) in [5.41, 5.74) is 4.35. The van der Waals surface area contributed by atoms with Crippen LogP contribution in [0.5, 0.6) is 5.75 Å². The monoisotopic (exact) mass is 391 g/mol. The fourth-order valence-corrected chi connectivity index (χ4v) is 3.32. The van der Waals surface area contributed by atoms with Crippen LogP contribution < -0.4 is 10.1 Å². The van der Waals surface area contributed by atoms with Crippen LogP contribution >= 0.6 is 11.6 Å². The van der Waals surface area contributed by atoms with E-state index in [2.05, 4.69) is 27.4 Å². The number of hydrogen-bond donors (Lipinski definition) is 2. The first-order valence-electron chi connectivity index (χ1n) is 9.37. The minimum Gasteiger partial charge on any atom is -0.489 e. The maximum absolute atomic E-state index is 6.02. The summed E-state index contributed by atoms with van der Waals surface area (Å²) >= 11 is 6.02. The quantitative estimate of drug-likeness (QED) is 0.409. The van der Waals surface area contributed by atoms with Gasteiger partial charge in [-0.3, -0.25) is 0 Å². The van der Waals surface area contributed by atoms with Gasteiger partial charge in [-0.15, -0.1) is 0 Å². The third kappa shape index (κ3) is 4.91. The molecule has 1 aromatic heterocycles. The summed E-state index contributed by atoms with van der Waals surface area (Å²) in [6, 6.07) is 24.0. The average molecular weight is 392 g/mol. The van der Waals surface area contributed by atoms with Gasteiger partial charge in [0.15, 0.2) is 0 Å². The summed E-state index contributed by atoms with van der Waals surface area (Å²) in [6.45, 7) is 2.14. The van der Waals surface area contributed by atoms with Gasteiger partial charge in [-0.1, -0.05) is 48.0 Å². The number of hydrogen-bond acceptors (Lipinski definition) is 3. The highest BCUT2D eigenvalue weighted by atomic mass is 35.5. The Morgan fingerprint density at radius 3 is 2.68 bits per heavy atom. The van der Waals surface area contributed by atoms with Gasteiger partial charge in [-0.25, -0.2) is 4.98 Å². The van der Waals surface area contributed by atoms with Crippen LogP contribution in [0.15, 0.2) is 72.8 Å². The second-order valence-corrected chi connectivity index (χ2v) is 7.13. The number of ether oxygens (including phenoxy) is 1. The molecule has 5 heteroatoms. The first-order valence-corrected chi connectivity index (χ1v) is 9.74. The van der Waals surface area contributed by atoms with Crippen LogP contribution in [0.25, 0.3) is 11.0 Å². The molecule has 142 valence electrons. The van der Waals surface area contributed by atoms with E-state index < -0.39 is 0 Å². The molecule has 4 nitrogen and oxygen atoms in total. The van der Waals surface area contributed by atoms with Crippen molar-refractivity contribution in [2.75, 3.05) is 6.54 Å². The van der Waals surface area contributed by atoms with Crippen molar-refractivity contribution in [3.8, 4) is 5.75 Å². The highest BCUT2D eigenvalue weighted by Gasteiger charge is 2.02. The molecule has 2 N–H and O–H groups in total. The zero-order valence-electron chi connectivity index (χ0n) is 15.5. The molecule has 0 fully saturated rings. The number of nitrogens with zero attached hydrogens (tertiary/aromatic N) is 1. The van der Waals surface area contributed by atoms with Gasteiger partial charge in [-0.2, -0.15) is 0 Å². The Morgan fingerprint density at radius 1 is 0.929 bits per heavy atom. The molecule has 0 atom stereocenters. The van der Waals surface area contributed by atoms with Crippen LogP contribution in [0.1, 0.15) is 17.0 Å². The standard InChI is InChI=1S/C23H22ClN3O/c24-19-7-3-6-18(13-19)16-28-20-8-4-5-17(14-20)15-25-12-11-23-26-21-9-1-2-10-22(21)27-23/h1-10,13-14,25H,11-12,15-16H2,(H,26,27). The van der Waals surface area contributed by atoms with E-state index in [1.807, 2.05) is 60.7 Å². The number of rotatable bonds is 8. The lowest BCUT2D eigenvalue weighted by Gasteiger charge is -2.09. The molecule has 0 aliphatic rings. The molecule has 0 bridgehead atoms. The first kappa shape index (κ1) is 18.5. The van der Waals surface area contributed by atoms with Crippen LogP contribution in [-0.4, -0.2) is 16.5 Å². The van der Waals surface area contributed by atoms with E-state index in [4.69, 9.17) is 16.3 Å². The summed E-state index contributed by atoms with van der Waals surface area (Å²) in [5.74, 6) is 1.86. The number of benzene rings is 3. The third-order valence-electron chi connectivity index (χ3n) is 4.50. The molecule has 4 aromatic rings. The Hall–Kier alpha value is -2.82. The SMILES string of the molecule is Clc1cccc(COc2cccc(CNCCc3nc4ccccc4[nH]3)c2)c1. The van der Waals surface area contributed by atoms with Gasteiger partial charge in [0.2, 0.25) is 0 Å². The van der Waals surface area contributed by atoms with Gasteiger partial charge < -0.3 is 15.0 Å². The van der Waals surface area contributed by atoms with Crippen LogP contribution in [0.3, 0.4) is 0 Å². The van der Waals surface area contributed by atoms with Gasteiger partial charge in [0.05, 0.1) is 11.0 Å². The fourth-order valence-electron chi connectivity index (χ4n) is 3.10. The van der Waals surface area contributed by atoms with Crippen molar-refractivity contribution in [1.29, 1.82) is 0 Å². The Balaban J connectivity index is 1.26. The number of imidazole rings is 1. The Bertz CT molecular complexity index is 1030. The number of aromatic amines is 1. The highest BCUT2D eigenvalue weighted by molar-refractivity contribution is 6.30. The van der Waals surface area contributed by atoms with Crippen LogP contribution in [0.4, 0.5) is 0 Å². The van der Waals surface area contributed by atoms with E-state index in [1.165, 1.54) is 5.56 Å². The van der Waals surface area contributed by atoms with Crippen molar-refractivity contribution in [1.82, 2.24) is 15.3 Å². The molecule has 28 heavy (non-hydrogen) atoms. The molecule has 0 aliphatic heterocycles. The van der Waals surface area contributed by atoms with Crippen molar-refractivity contribution >= 4 is 22.6 Å². The average Bonchev–Trinajstić information content (AvgIpc) is 3.13. The lowest BCUT2D eigenvalue weighted by molar-refractivity contribution is 0.306. The molecular formula is C23H22ClN3O. The minimum absolute atomic E-state index is 0.503. The minimum atomic E-state index is 0.503. The van der Waals surface area contributed by atoms with Crippen LogP contribution in [0.2, 0.25) is 5.02 Å². The Kier molecular flexibility index (Phi) is 5.90. The second kappa shape index (κ2) is 8.91. The maximum atomic E-state index is 6.02. The van der Waals surface area contributed by atoms with E-state index in [0.717, 1.165) is 52.7 Å². The molecular weight excluding hydrogens is 370 g/mol. The Labute approximate surface area is 169 Å². The van der Waals surface area contributed by atoms with Crippen molar-refractivity contribution in [3.63, 3.8) is 0 Å². The molecule has 0 unspecified atom stereocenters. The summed E-state index contributed by atoms with van der Waals surface area (Å²) in [6.07, 6.45) is 0.861. The molecule has 0 spiro atoms. The molecule has 1 heterocycles. The normalized spacial score (nSPS) is 11.0. The van der Waals surface area contributed by atoms with E-state index in [1.54, 1.807) is 0 Å². The van der Waals surface area contributed by atoms with E-state index in [0.29, 0.717) is 6.61 Å². The van der Waals surface area contributed by atoms with E-state index >= 15 is 0 Å². The lowest BCUT2D eigenvalue weighted by Crippen LogP contribution is -2.17. The molecule has 0 saturated carbocycles. The van der Waals surface area contributed by atoms with Gasteiger partial charge in [-0.05, 0) is 47.5 Å². The summed E-state index contributed by atoms with van der Waals surface area (Å²) in [7, 11) is 0. The zero-order chi connectivity index (χ0) is 19.2.